The Balaban J connectivity index is 1.98. The molecule has 0 bridgehead atoms. The van der Waals surface area contributed by atoms with Crippen molar-refractivity contribution in [3.63, 3.8) is 0 Å². The van der Waals surface area contributed by atoms with Crippen LogP contribution in [-0.4, -0.2) is 54.8 Å². The number of likely N-dealkylation sites (N-methyl/N-ethyl adjacent to an activating group) is 1. The lowest BCUT2D eigenvalue weighted by Crippen LogP contribution is -2.30. The van der Waals surface area contributed by atoms with Crippen molar-refractivity contribution in [1.29, 1.82) is 0 Å². The molecule has 0 aliphatic heterocycles. The van der Waals surface area contributed by atoms with E-state index in [1.165, 1.54) is 31.9 Å². The third-order valence-electron chi connectivity index (χ3n) is 7.24. The monoisotopic (exact) mass is 549 g/mol. The van der Waals surface area contributed by atoms with Crippen LogP contribution in [0.15, 0.2) is 65.1 Å². The van der Waals surface area contributed by atoms with Crippen molar-refractivity contribution in [3.8, 4) is 0 Å². The Labute approximate surface area is 240 Å². The molecular formula is C33H47N3O4. The standard InChI is InChI=1S/C33H47N3O4/c1-4-5-6-14-21-30(36(22-15-9-16-23-37)25-28-19-12-8-13-20-28)32-34-29(24-27-17-10-7-11-18-27)33(40-32)35(2)26-31(38)39-3/h7-8,10-13,17-20,30,37H,4-6,9,14-16,21-26H2,1-3H3. The van der Waals surface area contributed by atoms with Crippen LogP contribution in [-0.2, 0) is 22.5 Å². The van der Waals surface area contributed by atoms with Crippen LogP contribution in [0.4, 0.5) is 5.88 Å². The maximum atomic E-state index is 12.1. The number of unbranched alkanes of at least 4 members (excludes halogenated alkanes) is 5. The molecule has 0 radical (unpaired) electrons. The summed E-state index contributed by atoms with van der Waals surface area (Å²) in [6, 6.07) is 20.8. The van der Waals surface area contributed by atoms with Gasteiger partial charge in [0.2, 0.25) is 11.8 Å². The topological polar surface area (TPSA) is 79.0 Å². The fraction of sp³-hybridized carbons (Fsp3) is 0.515. The molecule has 1 atom stereocenters. The molecule has 218 valence electrons. The number of methoxy groups -OCH3 is 1. The third-order valence-corrected chi connectivity index (χ3v) is 7.24. The second kappa shape index (κ2) is 17.5. The third kappa shape index (κ3) is 10.1. The first-order valence-corrected chi connectivity index (χ1v) is 14.8. The van der Waals surface area contributed by atoms with E-state index in [1.807, 2.05) is 31.3 Å². The number of benzene rings is 2. The van der Waals surface area contributed by atoms with Crippen LogP contribution in [0.3, 0.4) is 0 Å². The molecule has 0 saturated carbocycles. The highest BCUT2D eigenvalue weighted by Crippen LogP contribution is 2.34. The minimum absolute atomic E-state index is 0.000916. The number of aliphatic hydroxyl groups excluding tert-OH is 1. The normalized spacial score (nSPS) is 12.0. The first-order valence-electron chi connectivity index (χ1n) is 14.8. The molecule has 0 aliphatic carbocycles. The predicted octanol–water partition coefficient (Wildman–Crippen LogP) is 6.55. The average Bonchev–Trinajstić information content (AvgIpc) is 3.39. The summed E-state index contributed by atoms with van der Waals surface area (Å²) in [4.78, 5) is 21.6. The Morgan fingerprint density at radius 2 is 1.62 bits per heavy atom. The van der Waals surface area contributed by atoms with E-state index in [2.05, 4.69) is 48.2 Å². The van der Waals surface area contributed by atoms with Crippen LogP contribution in [0.1, 0.15) is 87.0 Å². The van der Waals surface area contributed by atoms with Gasteiger partial charge in [0.25, 0.3) is 0 Å². The fourth-order valence-electron chi connectivity index (χ4n) is 5.03. The molecule has 1 unspecified atom stereocenters. The highest BCUT2D eigenvalue weighted by molar-refractivity contribution is 5.75. The molecule has 1 aromatic heterocycles. The summed E-state index contributed by atoms with van der Waals surface area (Å²) in [7, 11) is 3.25. The van der Waals surface area contributed by atoms with Gasteiger partial charge in [-0.15, -0.1) is 0 Å². The van der Waals surface area contributed by atoms with Gasteiger partial charge in [-0.25, -0.2) is 4.98 Å². The van der Waals surface area contributed by atoms with Gasteiger partial charge in [-0.2, -0.15) is 0 Å². The molecule has 7 nitrogen and oxygen atoms in total. The Morgan fingerprint density at radius 1 is 0.950 bits per heavy atom. The van der Waals surface area contributed by atoms with E-state index in [0.717, 1.165) is 56.5 Å². The van der Waals surface area contributed by atoms with E-state index in [1.54, 1.807) is 4.90 Å². The van der Waals surface area contributed by atoms with Crippen LogP contribution in [0.2, 0.25) is 0 Å². The second-order valence-corrected chi connectivity index (χ2v) is 10.5. The smallest absolute Gasteiger partial charge is 0.325 e. The summed E-state index contributed by atoms with van der Waals surface area (Å²) in [6.45, 7) is 4.22. The van der Waals surface area contributed by atoms with Crippen molar-refractivity contribution in [1.82, 2.24) is 9.88 Å². The number of hydrogen-bond donors (Lipinski definition) is 1. The van der Waals surface area contributed by atoms with Crippen molar-refractivity contribution < 1.29 is 19.1 Å². The lowest BCUT2D eigenvalue weighted by atomic mass is 10.0. The van der Waals surface area contributed by atoms with E-state index in [-0.39, 0.29) is 25.2 Å². The van der Waals surface area contributed by atoms with Gasteiger partial charge in [0.15, 0.2) is 0 Å². The zero-order valence-electron chi connectivity index (χ0n) is 24.6. The van der Waals surface area contributed by atoms with E-state index in [0.29, 0.717) is 18.2 Å². The van der Waals surface area contributed by atoms with Crippen molar-refractivity contribution in [2.45, 2.75) is 77.3 Å². The molecule has 1 N–H and O–H groups in total. The highest BCUT2D eigenvalue weighted by atomic mass is 16.5. The molecule has 40 heavy (non-hydrogen) atoms. The molecular weight excluding hydrogens is 502 g/mol. The number of esters is 1. The minimum Gasteiger partial charge on any atom is -0.468 e. The van der Waals surface area contributed by atoms with E-state index in [9.17, 15) is 9.90 Å². The number of anilines is 1. The van der Waals surface area contributed by atoms with Crippen LogP contribution in [0.25, 0.3) is 0 Å². The lowest BCUT2D eigenvalue weighted by molar-refractivity contribution is -0.138. The number of rotatable bonds is 19. The molecule has 3 aromatic rings. The van der Waals surface area contributed by atoms with Crippen molar-refractivity contribution in [3.05, 3.63) is 83.4 Å². The number of aliphatic hydroxyl groups is 1. The van der Waals surface area contributed by atoms with E-state index < -0.39 is 0 Å². The zero-order valence-corrected chi connectivity index (χ0v) is 24.6. The van der Waals surface area contributed by atoms with Gasteiger partial charge in [0.1, 0.15) is 12.2 Å². The SMILES string of the molecule is CCCCCCC(c1nc(Cc2ccccc2)c(N(C)CC(=O)OC)o1)N(CCCCCO)Cc1ccccc1. The number of oxazole rings is 1. The summed E-state index contributed by atoms with van der Waals surface area (Å²) in [5.41, 5.74) is 3.22. The first-order chi connectivity index (χ1) is 19.5. The van der Waals surface area contributed by atoms with Gasteiger partial charge < -0.3 is 19.2 Å². The summed E-state index contributed by atoms with van der Waals surface area (Å²) >= 11 is 0. The summed E-state index contributed by atoms with van der Waals surface area (Å²) < 4.78 is 11.5. The number of aromatic nitrogens is 1. The largest absolute Gasteiger partial charge is 0.468 e. The van der Waals surface area contributed by atoms with Gasteiger partial charge >= 0.3 is 5.97 Å². The molecule has 0 aliphatic rings. The highest BCUT2D eigenvalue weighted by Gasteiger charge is 2.28. The van der Waals surface area contributed by atoms with E-state index in [4.69, 9.17) is 14.1 Å². The second-order valence-electron chi connectivity index (χ2n) is 10.5. The van der Waals surface area contributed by atoms with Crippen molar-refractivity contribution >= 4 is 11.9 Å². The summed E-state index contributed by atoms with van der Waals surface area (Å²) in [5, 5.41) is 9.33. The van der Waals surface area contributed by atoms with Crippen molar-refractivity contribution in [2.24, 2.45) is 0 Å². The van der Waals surface area contributed by atoms with Crippen LogP contribution in [0, 0.1) is 0 Å². The lowest BCUT2D eigenvalue weighted by Gasteiger charge is -2.30. The maximum absolute atomic E-state index is 12.1. The molecule has 0 saturated heterocycles. The summed E-state index contributed by atoms with van der Waals surface area (Å²) in [6.07, 6.45) is 8.98. The molecule has 0 fully saturated rings. The number of hydrogen-bond acceptors (Lipinski definition) is 7. The predicted molar refractivity (Wildman–Crippen MR) is 160 cm³/mol. The molecule has 0 spiro atoms. The Morgan fingerprint density at radius 3 is 2.27 bits per heavy atom. The molecule has 3 rings (SSSR count). The summed E-state index contributed by atoms with van der Waals surface area (Å²) in [5.74, 6) is 0.992. The van der Waals surface area contributed by atoms with Gasteiger partial charge in [-0.1, -0.05) is 93.3 Å². The number of carbonyl (C=O) groups is 1. The number of carbonyl (C=O) groups excluding carboxylic acids is 1. The first kappa shape index (κ1) is 31.4. The molecule has 0 amide bonds. The number of nitrogens with zero attached hydrogens (tertiary/aromatic N) is 3. The van der Waals surface area contributed by atoms with Crippen molar-refractivity contribution in [2.75, 3.05) is 38.8 Å². The van der Waals surface area contributed by atoms with Gasteiger partial charge in [0, 0.05) is 26.6 Å². The Kier molecular flexibility index (Phi) is 13.7. The zero-order chi connectivity index (χ0) is 28.6. The quantitative estimate of drug-likeness (QED) is 0.134. The Hall–Kier alpha value is -3.16. The van der Waals surface area contributed by atoms with Crippen LogP contribution >= 0.6 is 0 Å². The Bertz CT molecular complexity index is 1100. The maximum Gasteiger partial charge on any atom is 0.325 e. The fourth-order valence-corrected chi connectivity index (χ4v) is 5.03. The van der Waals surface area contributed by atoms with Gasteiger partial charge in [-0.3, -0.25) is 9.69 Å². The van der Waals surface area contributed by atoms with Gasteiger partial charge in [-0.05, 0) is 43.4 Å². The minimum atomic E-state index is -0.322. The molecule has 7 heteroatoms. The average molecular weight is 550 g/mol. The molecule has 2 aromatic carbocycles. The van der Waals surface area contributed by atoms with E-state index >= 15 is 0 Å². The van der Waals surface area contributed by atoms with Gasteiger partial charge in [0.05, 0.1) is 13.2 Å². The molecule has 1 heterocycles. The van der Waals surface area contributed by atoms with Crippen LogP contribution < -0.4 is 4.90 Å². The number of ether oxygens (including phenoxy) is 1. The van der Waals surface area contributed by atoms with Crippen LogP contribution in [0.5, 0.6) is 0 Å².